The highest BCUT2D eigenvalue weighted by atomic mass is 16.5. The summed E-state index contributed by atoms with van der Waals surface area (Å²) in [6, 6.07) is -0.857. The molecular formula is C13H20N2O4. The average Bonchev–Trinajstić information content (AvgIpc) is 3.01. The van der Waals surface area contributed by atoms with E-state index in [1.165, 1.54) is 4.90 Å². The Morgan fingerprint density at radius 2 is 2.05 bits per heavy atom. The molecule has 0 saturated carbocycles. The Morgan fingerprint density at radius 1 is 1.21 bits per heavy atom. The first-order valence-corrected chi connectivity index (χ1v) is 7.10. The van der Waals surface area contributed by atoms with Crippen molar-refractivity contribution in [1.29, 1.82) is 0 Å². The van der Waals surface area contributed by atoms with Gasteiger partial charge in [0, 0.05) is 6.54 Å². The number of piperidine rings is 1. The Morgan fingerprint density at radius 3 is 2.68 bits per heavy atom. The molecule has 3 fully saturated rings. The van der Waals surface area contributed by atoms with E-state index in [0.29, 0.717) is 13.0 Å². The lowest BCUT2D eigenvalue weighted by Crippen LogP contribution is -2.55. The topological polar surface area (TPSA) is 78.9 Å². The molecule has 4 atom stereocenters. The van der Waals surface area contributed by atoms with Crippen molar-refractivity contribution in [2.24, 2.45) is 0 Å². The number of likely N-dealkylation sites (tertiary alicyclic amines) is 1. The number of urea groups is 1. The van der Waals surface area contributed by atoms with E-state index in [2.05, 4.69) is 5.32 Å². The normalized spacial score (nSPS) is 37.4. The number of rotatable bonds is 2. The van der Waals surface area contributed by atoms with Gasteiger partial charge in [0.2, 0.25) is 0 Å². The van der Waals surface area contributed by atoms with Crippen LogP contribution in [0.4, 0.5) is 4.79 Å². The number of carboxylic acids is 1. The maximum Gasteiger partial charge on any atom is 0.326 e. The van der Waals surface area contributed by atoms with Crippen LogP contribution in [0.2, 0.25) is 0 Å². The van der Waals surface area contributed by atoms with E-state index in [0.717, 1.165) is 32.1 Å². The molecule has 0 spiro atoms. The minimum atomic E-state index is -0.904. The van der Waals surface area contributed by atoms with E-state index in [1.807, 2.05) is 0 Å². The van der Waals surface area contributed by atoms with Crippen LogP contribution in [0.25, 0.3) is 0 Å². The molecule has 3 aliphatic heterocycles. The minimum Gasteiger partial charge on any atom is -0.480 e. The molecule has 3 heterocycles. The quantitative estimate of drug-likeness (QED) is 0.781. The third-order valence-corrected chi connectivity index (χ3v) is 4.46. The van der Waals surface area contributed by atoms with Crippen molar-refractivity contribution in [2.45, 2.75) is 62.8 Å². The van der Waals surface area contributed by atoms with Gasteiger partial charge in [0.15, 0.2) is 0 Å². The monoisotopic (exact) mass is 268 g/mol. The van der Waals surface area contributed by atoms with Crippen molar-refractivity contribution < 1.29 is 19.4 Å². The van der Waals surface area contributed by atoms with E-state index >= 15 is 0 Å². The largest absolute Gasteiger partial charge is 0.480 e. The van der Waals surface area contributed by atoms with E-state index in [9.17, 15) is 14.7 Å². The zero-order valence-corrected chi connectivity index (χ0v) is 10.9. The molecule has 6 nitrogen and oxygen atoms in total. The molecule has 2 N–H and O–H groups in total. The molecule has 3 saturated heterocycles. The molecule has 2 bridgehead atoms. The Bertz CT molecular complexity index is 387. The highest BCUT2D eigenvalue weighted by Gasteiger charge is 2.42. The maximum absolute atomic E-state index is 12.2. The summed E-state index contributed by atoms with van der Waals surface area (Å²) < 4.78 is 5.70. The number of aliphatic carboxylic acids is 1. The van der Waals surface area contributed by atoms with Gasteiger partial charge in [-0.25, -0.2) is 9.59 Å². The lowest BCUT2D eigenvalue weighted by molar-refractivity contribution is -0.143. The average molecular weight is 268 g/mol. The third kappa shape index (κ3) is 2.41. The van der Waals surface area contributed by atoms with Crippen LogP contribution < -0.4 is 5.32 Å². The van der Waals surface area contributed by atoms with Gasteiger partial charge in [-0.15, -0.1) is 0 Å². The van der Waals surface area contributed by atoms with E-state index < -0.39 is 12.0 Å². The summed E-state index contributed by atoms with van der Waals surface area (Å²) in [5, 5.41) is 12.1. The molecule has 0 radical (unpaired) electrons. The maximum atomic E-state index is 12.2. The summed E-state index contributed by atoms with van der Waals surface area (Å²) in [5.74, 6) is -0.904. The van der Waals surface area contributed by atoms with Gasteiger partial charge in [0.25, 0.3) is 0 Å². The van der Waals surface area contributed by atoms with Crippen molar-refractivity contribution in [3.05, 3.63) is 0 Å². The summed E-state index contributed by atoms with van der Waals surface area (Å²) in [6.07, 6.45) is 5.66. The predicted molar refractivity (Wildman–Crippen MR) is 66.8 cm³/mol. The highest BCUT2D eigenvalue weighted by molar-refractivity contribution is 5.83. The molecule has 0 aliphatic carbocycles. The summed E-state index contributed by atoms with van der Waals surface area (Å²) in [5.41, 5.74) is 0. The van der Waals surface area contributed by atoms with E-state index in [-0.39, 0.29) is 24.3 Å². The number of carbonyl (C=O) groups is 2. The second kappa shape index (κ2) is 5.00. The molecule has 106 valence electrons. The van der Waals surface area contributed by atoms with Crippen molar-refractivity contribution in [3.63, 3.8) is 0 Å². The predicted octanol–water partition coefficient (Wildman–Crippen LogP) is 0.955. The first-order valence-electron chi connectivity index (χ1n) is 7.10. The van der Waals surface area contributed by atoms with Crippen LogP contribution >= 0.6 is 0 Å². The van der Waals surface area contributed by atoms with Gasteiger partial charge < -0.3 is 20.1 Å². The standard InChI is InChI=1S/C13H20N2O4/c16-12(17)10-3-1-2-6-15(10)13(18)14-9-7-8-4-5-11(9)19-8/h8-11H,1-7H2,(H,14,18)(H,16,17). The molecule has 19 heavy (non-hydrogen) atoms. The van der Waals surface area contributed by atoms with E-state index in [4.69, 9.17) is 4.74 Å². The number of hydrogen-bond donors (Lipinski definition) is 2. The van der Waals surface area contributed by atoms with Crippen LogP contribution in [0.15, 0.2) is 0 Å². The number of fused-ring (bicyclic) bond motifs is 2. The summed E-state index contributed by atoms with van der Waals surface area (Å²) in [4.78, 5) is 24.9. The highest BCUT2D eigenvalue weighted by Crippen LogP contribution is 2.34. The van der Waals surface area contributed by atoms with Crippen molar-refractivity contribution in [2.75, 3.05) is 6.54 Å². The SMILES string of the molecule is O=C(O)C1CCCCN1C(=O)NC1CC2CCC1O2. The summed E-state index contributed by atoms with van der Waals surface area (Å²) in [7, 11) is 0. The number of nitrogens with one attached hydrogen (secondary N) is 1. The van der Waals surface area contributed by atoms with Gasteiger partial charge in [0.1, 0.15) is 6.04 Å². The van der Waals surface area contributed by atoms with Crippen molar-refractivity contribution in [3.8, 4) is 0 Å². The zero-order valence-electron chi connectivity index (χ0n) is 10.9. The van der Waals surface area contributed by atoms with Gasteiger partial charge in [-0.05, 0) is 38.5 Å². The number of amides is 2. The molecule has 2 amide bonds. The Balaban J connectivity index is 1.61. The summed E-state index contributed by atoms with van der Waals surface area (Å²) in [6.45, 7) is 0.532. The molecule has 3 aliphatic rings. The smallest absolute Gasteiger partial charge is 0.326 e. The van der Waals surface area contributed by atoms with Crippen molar-refractivity contribution >= 4 is 12.0 Å². The number of carboxylic acid groups (broad SMARTS) is 1. The van der Waals surface area contributed by atoms with Gasteiger partial charge >= 0.3 is 12.0 Å². The molecular weight excluding hydrogens is 248 g/mol. The lowest BCUT2D eigenvalue weighted by atomic mass is 9.95. The van der Waals surface area contributed by atoms with Gasteiger partial charge in [-0.2, -0.15) is 0 Å². The molecule has 6 heteroatoms. The Labute approximate surface area is 112 Å². The number of nitrogens with zero attached hydrogens (tertiary/aromatic N) is 1. The van der Waals surface area contributed by atoms with Crippen molar-refractivity contribution in [1.82, 2.24) is 10.2 Å². The molecule has 0 aromatic rings. The first-order chi connectivity index (χ1) is 9.15. The summed E-state index contributed by atoms with van der Waals surface area (Å²) >= 11 is 0. The molecule has 3 rings (SSSR count). The van der Waals surface area contributed by atoms with Crippen LogP contribution in [-0.4, -0.2) is 52.8 Å². The fraction of sp³-hybridized carbons (Fsp3) is 0.846. The second-order valence-electron chi connectivity index (χ2n) is 5.71. The Hall–Kier alpha value is -1.30. The van der Waals surface area contributed by atoms with E-state index in [1.54, 1.807) is 0 Å². The van der Waals surface area contributed by atoms with Crippen LogP contribution in [0.3, 0.4) is 0 Å². The molecule has 0 aromatic carbocycles. The van der Waals surface area contributed by atoms with Gasteiger partial charge in [-0.1, -0.05) is 0 Å². The minimum absolute atomic E-state index is 0.0580. The fourth-order valence-electron chi connectivity index (χ4n) is 3.46. The number of ether oxygens (including phenoxy) is 1. The second-order valence-corrected chi connectivity index (χ2v) is 5.71. The third-order valence-electron chi connectivity index (χ3n) is 4.46. The number of carbonyl (C=O) groups excluding carboxylic acids is 1. The zero-order chi connectivity index (χ0) is 13.4. The van der Waals surface area contributed by atoms with Crippen LogP contribution in [-0.2, 0) is 9.53 Å². The van der Waals surface area contributed by atoms with Gasteiger partial charge in [-0.3, -0.25) is 0 Å². The number of hydrogen-bond acceptors (Lipinski definition) is 3. The van der Waals surface area contributed by atoms with Gasteiger partial charge in [0.05, 0.1) is 18.2 Å². The molecule has 0 aromatic heterocycles. The van der Waals surface area contributed by atoms with Crippen LogP contribution in [0.5, 0.6) is 0 Å². The lowest BCUT2D eigenvalue weighted by Gasteiger charge is -2.34. The molecule has 4 unspecified atom stereocenters. The fourth-order valence-corrected chi connectivity index (χ4v) is 3.46. The van der Waals surface area contributed by atoms with Crippen LogP contribution in [0.1, 0.15) is 38.5 Å². The first kappa shape index (κ1) is 12.7. The van der Waals surface area contributed by atoms with Crippen LogP contribution in [0, 0.1) is 0 Å². The Kier molecular flexibility index (Phi) is 3.35.